The van der Waals surface area contributed by atoms with E-state index in [1.165, 1.54) is 5.56 Å². The molecule has 2 aromatic rings. The van der Waals surface area contributed by atoms with Crippen LogP contribution in [-0.2, 0) is 12.8 Å². The molecular weight excluding hydrogens is 224 g/mol. The van der Waals surface area contributed by atoms with Crippen LogP contribution in [0.25, 0.3) is 0 Å². The van der Waals surface area contributed by atoms with Crippen molar-refractivity contribution in [2.45, 2.75) is 32.8 Å². The highest BCUT2D eigenvalue weighted by molar-refractivity contribution is 5.23. The van der Waals surface area contributed by atoms with Crippen molar-refractivity contribution in [1.29, 1.82) is 0 Å². The van der Waals surface area contributed by atoms with Gasteiger partial charge in [-0.25, -0.2) is 9.97 Å². The van der Waals surface area contributed by atoms with Crippen LogP contribution in [0.2, 0.25) is 0 Å². The summed E-state index contributed by atoms with van der Waals surface area (Å²) in [6.07, 6.45) is 4.40. The summed E-state index contributed by atoms with van der Waals surface area (Å²) in [6.45, 7) is 4.06. The Hall–Kier alpha value is -1.74. The summed E-state index contributed by atoms with van der Waals surface area (Å²) in [5, 5.41) is 10.1. The van der Waals surface area contributed by atoms with Crippen molar-refractivity contribution in [1.82, 2.24) is 9.97 Å². The smallest absolute Gasteiger partial charge is 0.157 e. The van der Waals surface area contributed by atoms with E-state index in [9.17, 15) is 5.11 Å². The summed E-state index contributed by atoms with van der Waals surface area (Å²) in [4.78, 5) is 8.29. The number of nitrogens with zero attached hydrogens (tertiary/aromatic N) is 2. The summed E-state index contributed by atoms with van der Waals surface area (Å²) in [7, 11) is 0. The van der Waals surface area contributed by atoms with E-state index >= 15 is 0 Å². The Morgan fingerprint density at radius 2 is 1.61 bits per heavy atom. The second-order valence-electron chi connectivity index (χ2n) is 4.51. The molecule has 0 spiro atoms. The predicted octanol–water partition coefficient (Wildman–Crippen LogP) is 2.62. The fourth-order valence-electron chi connectivity index (χ4n) is 1.80. The monoisotopic (exact) mass is 242 g/mol. The third-order valence-corrected chi connectivity index (χ3v) is 2.96. The molecule has 3 heteroatoms. The number of benzene rings is 1. The van der Waals surface area contributed by atoms with Gasteiger partial charge in [-0.05, 0) is 30.0 Å². The van der Waals surface area contributed by atoms with Crippen molar-refractivity contribution >= 4 is 0 Å². The van der Waals surface area contributed by atoms with Gasteiger partial charge < -0.3 is 5.11 Å². The fourth-order valence-corrected chi connectivity index (χ4v) is 1.80. The number of aliphatic hydroxyl groups is 1. The van der Waals surface area contributed by atoms with E-state index in [1.54, 1.807) is 12.4 Å². The molecule has 0 bridgehead atoms. The molecule has 94 valence electrons. The molecule has 0 fully saturated rings. The topological polar surface area (TPSA) is 46.0 Å². The van der Waals surface area contributed by atoms with Crippen molar-refractivity contribution < 1.29 is 5.11 Å². The van der Waals surface area contributed by atoms with E-state index in [0.29, 0.717) is 12.2 Å². The fraction of sp³-hybridized carbons (Fsp3) is 0.333. The maximum Gasteiger partial charge on any atom is 0.157 e. The number of aliphatic hydroxyl groups excluding tert-OH is 1. The Morgan fingerprint density at radius 1 is 1.06 bits per heavy atom. The van der Waals surface area contributed by atoms with E-state index in [0.717, 1.165) is 17.5 Å². The molecule has 0 saturated heterocycles. The molecule has 18 heavy (non-hydrogen) atoms. The molecule has 3 nitrogen and oxygen atoms in total. The van der Waals surface area contributed by atoms with Gasteiger partial charge in [0.05, 0.1) is 0 Å². The highest BCUT2D eigenvalue weighted by Gasteiger charge is 2.11. The van der Waals surface area contributed by atoms with Gasteiger partial charge in [-0.15, -0.1) is 0 Å². The van der Waals surface area contributed by atoms with E-state index in [1.807, 2.05) is 6.92 Å². The normalized spacial score (nSPS) is 12.4. The van der Waals surface area contributed by atoms with E-state index in [-0.39, 0.29) is 0 Å². The van der Waals surface area contributed by atoms with Gasteiger partial charge in [0.1, 0.15) is 6.10 Å². The third-order valence-electron chi connectivity index (χ3n) is 2.96. The first-order valence-corrected chi connectivity index (χ1v) is 6.23. The van der Waals surface area contributed by atoms with Gasteiger partial charge in [0.25, 0.3) is 0 Å². The van der Waals surface area contributed by atoms with Crippen molar-refractivity contribution in [2.75, 3.05) is 0 Å². The predicted molar refractivity (Wildman–Crippen MR) is 71.3 cm³/mol. The summed E-state index contributed by atoms with van der Waals surface area (Å²) in [5.74, 6) is 0.486. The summed E-state index contributed by atoms with van der Waals surface area (Å²) >= 11 is 0. The third kappa shape index (κ3) is 3.14. The lowest BCUT2D eigenvalue weighted by Crippen LogP contribution is -2.06. The van der Waals surface area contributed by atoms with Gasteiger partial charge in [-0.1, -0.05) is 31.2 Å². The van der Waals surface area contributed by atoms with Crippen LogP contribution < -0.4 is 0 Å². The lowest BCUT2D eigenvalue weighted by Gasteiger charge is -2.09. The van der Waals surface area contributed by atoms with Crippen molar-refractivity contribution in [3.05, 3.63) is 59.2 Å². The van der Waals surface area contributed by atoms with Crippen molar-refractivity contribution in [3.63, 3.8) is 0 Å². The first-order valence-electron chi connectivity index (χ1n) is 6.23. The Morgan fingerprint density at radius 3 is 2.17 bits per heavy atom. The van der Waals surface area contributed by atoms with Gasteiger partial charge in [-0.3, -0.25) is 0 Å². The number of hydrogen-bond donors (Lipinski definition) is 1. The van der Waals surface area contributed by atoms with Crippen LogP contribution in [0.3, 0.4) is 0 Å². The molecule has 1 atom stereocenters. The van der Waals surface area contributed by atoms with E-state index in [2.05, 4.69) is 41.2 Å². The average molecular weight is 242 g/mol. The average Bonchev–Trinajstić information content (AvgIpc) is 2.40. The number of aromatic nitrogens is 2. The summed E-state index contributed by atoms with van der Waals surface area (Å²) in [6, 6.07) is 8.29. The summed E-state index contributed by atoms with van der Waals surface area (Å²) < 4.78 is 0. The lowest BCUT2D eigenvalue weighted by atomic mass is 10.0. The van der Waals surface area contributed by atoms with E-state index < -0.39 is 6.10 Å². The molecule has 1 N–H and O–H groups in total. The van der Waals surface area contributed by atoms with Crippen LogP contribution in [0, 0.1) is 6.92 Å². The molecule has 1 aromatic carbocycles. The molecule has 2 rings (SSSR count). The molecule has 1 aromatic heterocycles. The second-order valence-corrected chi connectivity index (χ2v) is 4.51. The van der Waals surface area contributed by atoms with Gasteiger partial charge in [-0.2, -0.15) is 0 Å². The van der Waals surface area contributed by atoms with Crippen LogP contribution in [0.15, 0.2) is 36.7 Å². The Bertz CT molecular complexity index is 491. The Kier molecular flexibility index (Phi) is 4.05. The molecule has 0 amide bonds. The van der Waals surface area contributed by atoms with Crippen LogP contribution in [0.1, 0.15) is 35.5 Å². The first-order chi connectivity index (χ1) is 8.69. The SMILES string of the molecule is CCc1ccc(CC(O)c2ncc(C)cn2)cc1. The quantitative estimate of drug-likeness (QED) is 0.896. The zero-order valence-electron chi connectivity index (χ0n) is 10.8. The van der Waals surface area contributed by atoms with Crippen LogP contribution >= 0.6 is 0 Å². The number of rotatable bonds is 4. The van der Waals surface area contributed by atoms with Gasteiger partial charge in [0, 0.05) is 18.8 Å². The molecule has 0 saturated carbocycles. The standard InChI is InChI=1S/C15H18N2O/c1-3-12-4-6-13(7-5-12)8-14(18)15-16-9-11(2)10-17-15/h4-7,9-10,14,18H,3,8H2,1-2H3. The maximum absolute atomic E-state index is 10.1. The molecule has 0 aliphatic carbocycles. The minimum Gasteiger partial charge on any atom is -0.385 e. The molecule has 0 radical (unpaired) electrons. The van der Waals surface area contributed by atoms with E-state index in [4.69, 9.17) is 0 Å². The van der Waals surface area contributed by atoms with Crippen molar-refractivity contribution in [3.8, 4) is 0 Å². The maximum atomic E-state index is 10.1. The molecule has 0 aliphatic heterocycles. The highest BCUT2D eigenvalue weighted by atomic mass is 16.3. The molecular formula is C15H18N2O. The molecule has 0 aliphatic rings. The molecule has 1 heterocycles. The zero-order valence-corrected chi connectivity index (χ0v) is 10.8. The highest BCUT2D eigenvalue weighted by Crippen LogP contribution is 2.15. The number of aryl methyl sites for hydroxylation is 2. The minimum atomic E-state index is -0.641. The zero-order chi connectivity index (χ0) is 13.0. The Labute approximate surface area is 108 Å². The van der Waals surface area contributed by atoms with Gasteiger partial charge >= 0.3 is 0 Å². The van der Waals surface area contributed by atoms with Crippen LogP contribution in [-0.4, -0.2) is 15.1 Å². The number of hydrogen-bond acceptors (Lipinski definition) is 3. The Balaban J connectivity index is 2.05. The van der Waals surface area contributed by atoms with Gasteiger partial charge in [0.2, 0.25) is 0 Å². The summed E-state index contributed by atoms with van der Waals surface area (Å²) in [5.41, 5.74) is 3.40. The van der Waals surface area contributed by atoms with Crippen molar-refractivity contribution in [2.24, 2.45) is 0 Å². The van der Waals surface area contributed by atoms with Gasteiger partial charge in [0.15, 0.2) is 5.82 Å². The van der Waals surface area contributed by atoms with Crippen LogP contribution in [0.4, 0.5) is 0 Å². The lowest BCUT2D eigenvalue weighted by molar-refractivity contribution is 0.168. The first kappa shape index (κ1) is 12.7. The minimum absolute atomic E-state index is 0.486. The largest absolute Gasteiger partial charge is 0.385 e. The van der Waals surface area contributed by atoms with Crippen LogP contribution in [0.5, 0.6) is 0 Å². The second kappa shape index (κ2) is 5.74. The molecule has 1 unspecified atom stereocenters.